The number of terminal acetylenes is 1. The topological polar surface area (TPSA) is 17.1 Å². The molecule has 1 fully saturated rings. The van der Waals surface area contributed by atoms with Gasteiger partial charge in [0.15, 0.2) is 0 Å². The van der Waals surface area contributed by atoms with Crippen molar-refractivity contribution in [2.24, 2.45) is 5.92 Å². The van der Waals surface area contributed by atoms with Gasteiger partial charge in [-0.1, -0.05) is 6.42 Å². The minimum absolute atomic E-state index is 0.340. The number of Topliss-reactive ketones (excluding diaryl/α,β-unsaturated/α-hetero) is 1. The zero-order chi connectivity index (χ0) is 8.81. The fourth-order valence-corrected chi connectivity index (χ4v) is 1.81. The Bertz CT molecular complexity index is 188. The Labute approximate surface area is 74.5 Å². The molecule has 0 heterocycles. The average molecular weight is 164 g/mol. The molecule has 0 N–H and O–H groups in total. The molecule has 0 aliphatic heterocycles. The number of hydrogen-bond acceptors (Lipinski definition) is 1. The summed E-state index contributed by atoms with van der Waals surface area (Å²) in [6, 6.07) is 0. The molecule has 1 atom stereocenters. The van der Waals surface area contributed by atoms with Gasteiger partial charge in [0.05, 0.1) is 0 Å². The van der Waals surface area contributed by atoms with Crippen LogP contribution in [0.25, 0.3) is 0 Å². The zero-order valence-corrected chi connectivity index (χ0v) is 7.51. The van der Waals surface area contributed by atoms with Crippen molar-refractivity contribution in [1.29, 1.82) is 0 Å². The van der Waals surface area contributed by atoms with Crippen molar-refractivity contribution >= 4 is 5.78 Å². The lowest BCUT2D eigenvalue weighted by Gasteiger charge is -2.19. The maximum absolute atomic E-state index is 11.3. The maximum Gasteiger partial charge on any atom is 0.135 e. The van der Waals surface area contributed by atoms with E-state index in [0.29, 0.717) is 11.7 Å². The molecular weight excluding hydrogens is 148 g/mol. The van der Waals surface area contributed by atoms with Crippen LogP contribution < -0.4 is 0 Å². The van der Waals surface area contributed by atoms with Crippen molar-refractivity contribution in [2.45, 2.75) is 44.9 Å². The fourth-order valence-electron chi connectivity index (χ4n) is 1.81. The molecule has 0 amide bonds. The van der Waals surface area contributed by atoms with E-state index in [1.807, 2.05) is 0 Å². The first-order chi connectivity index (χ1) is 5.84. The summed E-state index contributed by atoms with van der Waals surface area (Å²) >= 11 is 0. The van der Waals surface area contributed by atoms with Crippen LogP contribution in [0.3, 0.4) is 0 Å². The Morgan fingerprint density at radius 3 is 3.00 bits per heavy atom. The molecule has 0 aromatic heterocycles. The van der Waals surface area contributed by atoms with E-state index in [2.05, 4.69) is 5.92 Å². The van der Waals surface area contributed by atoms with Crippen molar-refractivity contribution < 1.29 is 4.79 Å². The maximum atomic E-state index is 11.3. The molecule has 1 unspecified atom stereocenters. The Balaban J connectivity index is 2.21. The number of ketones is 1. The molecule has 1 heteroatoms. The Morgan fingerprint density at radius 1 is 1.50 bits per heavy atom. The molecule has 0 bridgehead atoms. The van der Waals surface area contributed by atoms with Gasteiger partial charge in [0.2, 0.25) is 0 Å². The lowest BCUT2D eigenvalue weighted by atomic mass is 9.85. The molecule has 0 saturated heterocycles. The van der Waals surface area contributed by atoms with E-state index in [1.54, 1.807) is 0 Å². The van der Waals surface area contributed by atoms with E-state index >= 15 is 0 Å². The number of hydrogen-bond donors (Lipinski definition) is 0. The van der Waals surface area contributed by atoms with Crippen LogP contribution in [0.15, 0.2) is 0 Å². The highest BCUT2D eigenvalue weighted by Crippen LogP contribution is 2.24. The molecule has 0 aromatic rings. The van der Waals surface area contributed by atoms with Gasteiger partial charge in [-0.05, 0) is 25.7 Å². The molecule has 1 rings (SSSR count). The second kappa shape index (κ2) is 4.98. The summed E-state index contributed by atoms with van der Waals surface area (Å²) in [5, 5.41) is 0. The average Bonchev–Trinajstić information content (AvgIpc) is 2.09. The monoisotopic (exact) mass is 164 g/mol. The van der Waals surface area contributed by atoms with Crippen LogP contribution in [0, 0.1) is 18.3 Å². The van der Waals surface area contributed by atoms with Crippen molar-refractivity contribution in [1.82, 2.24) is 0 Å². The smallest absolute Gasteiger partial charge is 0.135 e. The Morgan fingerprint density at radius 2 is 2.33 bits per heavy atom. The lowest BCUT2D eigenvalue weighted by molar-refractivity contribution is -0.124. The summed E-state index contributed by atoms with van der Waals surface area (Å²) < 4.78 is 0. The predicted molar refractivity (Wildman–Crippen MR) is 49.6 cm³/mol. The summed E-state index contributed by atoms with van der Waals surface area (Å²) in [7, 11) is 0. The van der Waals surface area contributed by atoms with Crippen molar-refractivity contribution in [3.05, 3.63) is 0 Å². The van der Waals surface area contributed by atoms with E-state index in [-0.39, 0.29) is 0 Å². The minimum Gasteiger partial charge on any atom is -0.299 e. The highest BCUT2D eigenvalue weighted by Gasteiger charge is 2.20. The molecule has 0 spiro atoms. The van der Waals surface area contributed by atoms with E-state index < -0.39 is 0 Å². The number of carbonyl (C=O) groups is 1. The van der Waals surface area contributed by atoms with Crippen LogP contribution in [0.5, 0.6) is 0 Å². The van der Waals surface area contributed by atoms with E-state index in [1.165, 1.54) is 6.42 Å². The first kappa shape index (κ1) is 9.32. The highest BCUT2D eigenvalue weighted by molar-refractivity contribution is 5.81. The SMILES string of the molecule is C#CCCCC1CCCCC1=O. The molecule has 0 radical (unpaired) electrons. The second-order valence-corrected chi connectivity index (χ2v) is 3.51. The number of rotatable bonds is 3. The number of carbonyl (C=O) groups excluding carboxylic acids is 1. The molecule has 12 heavy (non-hydrogen) atoms. The summed E-state index contributed by atoms with van der Waals surface area (Å²) in [6.07, 6.45) is 12.2. The molecule has 66 valence electrons. The van der Waals surface area contributed by atoms with Crippen molar-refractivity contribution in [3.8, 4) is 12.3 Å². The molecule has 1 nitrogen and oxygen atoms in total. The first-order valence-corrected chi connectivity index (χ1v) is 4.81. The summed E-state index contributed by atoms with van der Waals surface area (Å²) in [6.45, 7) is 0. The van der Waals surface area contributed by atoms with Gasteiger partial charge < -0.3 is 0 Å². The predicted octanol–water partition coefficient (Wildman–Crippen LogP) is 2.55. The minimum atomic E-state index is 0.340. The van der Waals surface area contributed by atoms with Crippen LogP contribution in [0.4, 0.5) is 0 Å². The van der Waals surface area contributed by atoms with Crippen LogP contribution >= 0.6 is 0 Å². The fraction of sp³-hybridized carbons (Fsp3) is 0.727. The van der Waals surface area contributed by atoms with Gasteiger partial charge in [0, 0.05) is 18.8 Å². The second-order valence-electron chi connectivity index (χ2n) is 3.51. The highest BCUT2D eigenvalue weighted by atomic mass is 16.1. The van der Waals surface area contributed by atoms with Crippen LogP contribution in [0.1, 0.15) is 44.9 Å². The third-order valence-corrected chi connectivity index (χ3v) is 2.55. The molecule has 0 aromatic carbocycles. The van der Waals surface area contributed by atoms with Crippen LogP contribution in [0.2, 0.25) is 0 Å². The molecule has 1 aliphatic carbocycles. The molecule has 1 aliphatic rings. The zero-order valence-electron chi connectivity index (χ0n) is 7.51. The molecule has 1 saturated carbocycles. The van der Waals surface area contributed by atoms with Gasteiger partial charge in [0.1, 0.15) is 5.78 Å². The summed E-state index contributed by atoms with van der Waals surface area (Å²) in [5.41, 5.74) is 0. The Kier molecular flexibility index (Phi) is 3.87. The van der Waals surface area contributed by atoms with Crippen LogP contribution in [-0.2, 0) is 4.79 Å². The Hall–Kier alpha value is -0.770. The lowest BCUT2D eigenvalue weighted by Crippen LogP contribution is -2.18. The third kappa shape index (κ3) is 2.70. The third-order valence-electron chi connectivity index (χ3n) is 2.55. The first-order valence-electron chi connectivity index (χ1n) is 4.81. The summed E-state index contributed by atoms with van der Waals surface area (Å²) in [5.74, 6) is 3.42. The van der Waals surface area contributed by atoms with E-state index in [9.17, 15) is 4.79 Å². The van der Waals surface area contributed by atoms with Gasteiger partial charge in [-0.3, -0.25) is 4.79 Å². The largest absolute Gasteiger partial charge is 0.299 e. The van der Waals surface area contributed by atoms with Crippen molar-refractivity contribution in [2.75, 3.05) is 0 Å². The van der Waals surface area contributed by atoms with Gasteiger partial charge in [-0.15, -0.1) is 12.3 Å². The standard InChI is InChI=1S/C11H16O/c1-2-3-4-7-10-8-5-6-9-11(10)12/h1,10H,3-9H2. The van der Waals surface area contributed by atoms with Gasteiger partial charge in [-0.2, -0.15) is 0 Å². The van der Waals surface area contributed by atoms with Gasteiger partial charge >= 0.3 is 0 Å². The van der Waals surface area contributed by atoms with Gasteiger partial charge in [-0.25, -0.2) is 0 Å². The quantitative estimate of drug-likeness (QED) is 0.463. The number of unbranched alkanes of at least 4 members (excludes halogenated alkanes) is 1. The molecular formula is C11H16O. The van der Waals surface area contributed by atoms with Gasteiger partial charge in [0.25, 0.3) is 0 Å². The summed E-state index contributed by atoms with van der Waals surface area (Å²) in [4.78, 5) is 11.3. The normalized spacial score (nSPS) is 23.6. The van der Waals surface area contributed by atoms with Crippen LogP contribution in [-0.4, -0.2) is 5.78 Å². The van der Waals surface area contributed by atoms with E-state index in [4.69, 9.17) is 6.42 Å². The van der Waals surface area contributed by atoms with Crippen molar-refractivity contribution in [3.63, 3.8) is 0 Å². The van der Waals surface area contributed by atoms with E-state index in [0.717, 1.165) is 38.5 Å².